The van der Waals surface area contributed by atoms with Gasteiger partial charge in [-0.2, -0.15) is 4.98 Å². The zero-order valence-electron chi connectivity index (χ0n) is 19.3. The molecule has 0 saturated carbocycles. The minimum absolute atomic E-state index is 0.137. The summed E-state index contributed by atoms with van der Waals surface area (Å²) in [5, 5.41) is 3.12. The fourth-order valence-corrected chi connectivity index (χ4v) is 3.64. The van der Waals surface area contributed by atoms with E-state index in [0.29, 0.717) is 5.95 Å². The summed E-state index contributed by atoms with van der Waals surface area (Å²) in [6, 6.07) is 10.7. The fraction of sp³-hybridized carbons (Fsp3) is 0.333. The molecule has 8 nitrogen and oxygen atoms in total. The van der Waals surface area contributed by atoms with Gasteiger partial charge in [0.2, 0.25) is 11.8 Å². The summed E-state index contributed by atoms with van der Waals surface area (Å²) in [5.41, 5.74) is 1.66. The SMILES string of the molecule is COc1cc(OC)c(F)c(COc2ccnc(Nc3ccc(N4CCN(C)CC4)cc3)n2)c1F. The van der Waals surface area contributed by atoms with Gasteiger partial charge >= 0.3 is 0 Å². The minimum atomic E-state index is -0.853. The van der Waals surface area contributed by atoms with Crippen LogP contribution in [0.2, 0.25) is 0 Å². The maximum Gasteiger partial charge on any atom is 0.230 e. The van der Waals surface area contributed by atoms with Gasteiger partial charge in [0.05, 0.1) is 19.8 Å². The van der Waals surface area contributed by atoms with E-state index in [1.807, 2.05) is 12.1 Å². The van der Waals surface area contributed by atoms with Crippen LogP contribution in [0.15, 0.2) is 42.6 Å². The zero-order chi connectivity index (χ0) is 24.1. The molecule has 0 spiro atoms. The van der Waals surface area contributed by atoms with Gasteiger partial charge in [-0.15, -0.1) is 0 Å². The van der Waals surface area contributed by atoms with Crippen LogP contribution in [0, 0.1) is 11.6 Å². The second-order valence-electron chi connectivity index (χ2n) is 7.86. The molecule has 1 aliphatic rings. The quantitative estimate of drug-likeness (QED) is 0.531. The maximum atomic E-state index is 14.6. The first kappa shape index (κ1) is 23.5. The number of methoxy groups -OCH3 is 2. The van der Waals surface area contributed by atoms with Crippen molar-refractivity contribution in [1.29, 1.82) is 0 Å². The van der Waals surface area contributed by atoms with Crippen LogP contribution in [-0.2, 0) is 6.61 Å². The van der Waals surface area contributed by atoms with Gasteiger partial charge in [-0.25, -0.2) is 13.8 Å². The molecule has 0 radical (unpaired) electrons. The van der Waals surface area contributed by atoms with Crippen molar-refractivity contribution in [3.05, 3.63) is 59.8 Å². The summed E-state index contributed by atoms with van der Waals surface area (Å²) in [7, 11) is 4.71. The van der Waals surface area contributed by atoms with Crippen molar-refractivity contribution in [3.8, 4) is 17.4 Å². The number of nitrogens with zero attached hydrogens (tertiary/aromatic N) is 4. The van der Waals surface area contributed by atoms with Crippen LogP contribution in [-0.4, -0.2) is 62.3 Å². The number of hydrogen-bond donors (Lipinski definition) is 1. The standard InChI is InChI=1S/C24H27F2N5O3/c1-30-10-12-31(13-11-30)17-6-4-16(5-7-17)28-24-27-9-8-21(29-24)34-15-18-22(25)19(32-2)14-20(33-3)23(18)26/h4-9,14H,10-13,15H2,1-3H3,(H,27,28,29). The van der Waals surface area contributed by atoms with Crippen molar-refractivity contribution >= 4 is 17.3 Å². The Balaban J connectivity index is 1.42. The number of anilines is 3. The number of aromatic nitrogens is 2. The molecule has 0 amide bonds. The summed E-state index contributed by atoms with van der Waals surface area (Å²) in [6.45, 7) is 3.66. The van der Waals surface area contributed by atoms with Crippen LogP contribution in [0.4, 0.5) is 26.1 Å². The summed E-state index contributed by atoms with van der Waals surface area (Å²) < 4.78 is 44.6. The molecule has 0 aliphatic carbocycles. The average molecular weight is 472 g/mol. The van der Waals surface area contributed by atoms with Crippen LogP contribution >= 0.6 is 0 Å². The van der Waals surface area contributed by atoms with E-state index in [1.165, 1.54) is 26.5 Å². The van der Waals surface area contributed by atoms with E-state index in [-0.39, 0.29) is 22.9 Å². The summed E-state index contributed by atoms with van der Waals surface area (Å²) >= 11 is 0. The lowest BCUT2D eigenvalue weighted by molar-refractivity contribution is 0.272. The summed E-state index contributed by atoms with van der Waals surface area (Å²) in [6.07, 6.45) is 1.50. The van der Waals surface area contributed by atoms with Crippen LogP contribution in [0.1, 0.15) is 5.56 Å². The molecule has 0 bridgehead atoms. The fourth-order valence-electron chi connectivity index (χ4n) is 3.64. The number of hydrogen-bond acceptors (Lipinski definition) is 8. The van der Waals surface area contributed by atoms with E-state index >= 15 is 0 Å². The third kappa shape index (κ3) is 5.28. The number of likely N-dealkylation sites (N-methyl/N-ethyl adjacent to an activating group) is 1. The Morgan fingerprint density at radius 1 is 0.941 bits per heavy atom. The Morgan fingerprint density at radius 2 is 1.59 bits per heavy atom. The molecule has 0 atom stereocenters. The molecule has 2 heterocycles. The molecule has 0 unspecified atom stereocenters. The monoisotopic (exact) mass is 471 g/mol. The van der Waals surface area contributed by atoms with Crippen molar-refractivity contribution in [2.45, 2.75) is 6.61 Å². The summed E-state index contributed by atoms with van der Waals surface area (Å²) in [5.74, 6) is -1.52. The highest BCUT2D eigenvalue weighted by Crippen LogP contribution is 2.32. The molecule has 34 heavy (non-hydrogen) atoms. The highest BCUT2D eigenvalue weighted by Gasteiger charge is 2.21. The van der Waals surface area contributed by atoms with E-state index in [9.17, 15) is 8.78 Å². The molecular formula is C24H27F2N5O3. The Morgan fingerprint density at radius 3 is 2.21 bits per heavy atom. The van der Waals surface area contributed by atoms with Crippen LogP contribution < -0.4 is 24.4 Å². The zero-order valence-corrected chi connectivity index (χ0v) is 19.3. The van der Waals surface area contributed by atoms with Gasteiger partial charge in [0.25, 0.3) is 0 Å². The molecule has 1 aromatic heterocycles. The first-order valence-corrected chi connectivity index (χ1v) is 10.8. The average Bonchev–Trinajstić information content (AvgIpc) is 2.85. The van der Waals surface area contributed by atoms with Crippen LogP contribution in [0.5, 0.6) is 17.4 Å². The summed E-state index contributed by atoms with van der Waals surface area (Å²) in [4.78, 5) is 13.1. The van der Waals surface area contributed by atoms with Crippen molar-refractivity contribution in [3.63, 3.8) is 0 Å². The Hall–Kier alpha value is -3.66. The largest absolute Gasteiger partial charge is 0.494 e. The van der Waals surface area contributed by atoms with Crippen molar-refractivity contribution in [2.24, 2.45) is 0 Å². The van der Waals surface area contributed by atoms with Gasteiger partial charge in [0.1, 0.15) is 6.61 Å². The molecule has 180 valence electrons. The lowest BCUT2D eigenvalue weighted by Gasteiger charge is -2.34. The second kappa shape index (κ2) is 10.5. The molecule has 3 aromatic rings. The van der Waals surface area contributed by atoms with Gasteiger partial charge < -0.3 is 29.3 Å². The van der Waals surface area contributed by atoms with E-state index < -0.39 is 18.2 Å². The number of halogens is 2. The van der Waals surface area contributed by atoms with E-state index in [0.717, 1.165) is 43.6 Å². The Bertz CT molecular complexity index is 1090. The predicted molar refractivity (Wildman–Crippen MR) is 125 cm³/mol. The topological polar surface area (TPSA) is 72.0 Å². The molecule has 4 rings (SSSR count). The number of rotatable bonds is 8. The maximum absolute atomic E-state index is 14.6. The molecular weight excluding hydrogens is 444 g/mol. The number of benzene rings is 2. The first-order chi connectivity index (χ1) is 16.5. The van der Waals surface area contributed by atoms with Gasteiger partial charge in [0.15, 0.2) is 23.1 Å². The molecule has 2 aromatic carbocycles. The smallest absolute Gasteiger partial charge is 0.230 e. The van der Waals surface area contributed by atoms with Gasteiger partial charge in [-0.05, 0) is 31.3 Å². The predicted octanol–water partition coefficient (Wildman–Crippen LogP) is 3.85. The number of ether oxygens (including phenoxy) is 3. The lowest BCUT2D eigenvalue weighted by Crippen LogP contribution is -2.44. The van der Waals surface area contributed by atoms with Crippen molar-refractivity contribution in [2.75, 3.05) is 57.7 Å². The molecule has 1 fully saturated rings. The molecule has 1 aliphatic heterocycles. The number of piperazine rings is 1. The Labute approximate surface area is 197 Å². The van der Waals surface area contributed by atoms with E-state index in [2.05, 4.69) is 44.3 Å². The van der Waals surface area contributed by atoms with Crippen molar-refractivity contribution in [1.82, 2.24) is 14.9 Å². The van der Waals surface area contributed by atoms with Crippen LogP contribution in [0.25, 0.3) is 0 Å². The first-order valence-electron chi connectivity index (χ1n) is 10.8. The molecule has 10 heteroatoms. The van der Waals surface area contributed by atoms with Gasteiger partial charge in [-0.1, -0.05) is 0 Å². The number of nitrogens with one attached hydrogen (secondary N) is 1. The van der Waals surface area contributed by atoms with Crippen molar-refractivity contribution < 1.29 is 23.0 Å². The lowest BCUT2D eigenvalue weighted by atomic mass is 10.1. The highest BCUT2D eigenvalue weighted by atomic mass is 19.1. The molecule has 1 N–H and O–H groups in total. The third-order valence-corrected chi connectivity index (χ3v) is 5.65. The van der Waals surface area contributed by atoms with E-state index in [1.54, 1.807) is 0 Å². The van der Waals surface area contributed by atoms with Gasteiger partial charge in [-0.3, -0.25) is 0 Å². The minimum Gasteiger partial charge on any atom is -0.494 e. The van der Waals surface area contributed by atoms with Gasteiger partial charge in [0, 0.05) is 55.9 Å². The third-order valence-electron chi connectivity index (χ3n) is 5.65. The molecule has 1 saturated heterocycles. The Kier molecular flexibility index (Phi) is 7.27. The van der Waals surface area contributed by atoms with E-state index in [4.69, 9.17) is 14.2 Å². The van der Waals surface area contributed by atoms with Crippen LogP contribution in [0.3, 0.4) is 0 Å². The second-order valence-corrected chi connectivity index (χ2v) is 7.86. The highest BCUT2D eigenvalue weighted by molar-refractivity contribution is 5.59. The normalized spacial score (nSPS) is 14.1.